The first-order valence-corrected chi connectivity index (χ1v) is 10.6. The second kappa shape index (κ2) is 8.21. The van der Waals surface area contributed by atoms with Crippen molar-refractivity contribution in [3.05, 3.63) is 21.4 Å². The molecule has 1 saturated heterocycles. The summed E-state index contributed by atoms with van der Waals surface area (Å²) in [6.07, 6.45) is 2.61. The monoisotopic (exact) mass is 408 g/mol. The van der Waals surface area contributed by atoms with Crippen LogP contribution in [0.1, 0.15) is 60.1 Å². The second-order valence-corrected chi connectivity index (χ2v) is 9.12. The van der Waals surface area contributed by atoms with Crippen LogP contribution in [0.3, 0.4) is 0 Å². The molecule has 3 rings (SSSR count). The third-order valence-electron chi connectivity index (χ3n) is 5.45. The molecule has 2 amide bonds. The zero-order chi connectivity index (χ0) is 20.5. The van der Waals surface area contributed by atoms with Gasteiger partial charge in [0.15, 0.2) is 0 Å². The molecule has 1 spiro atoms. The molecule has 2 N–H and O–H groups in total. The standard InChI is InChI=1S/C20H28N2O5S/c1-12(2)10-15(21-13(3)23)18(24)22-7-5-20(6-8-22)17-14(4-9-27-20)11-16(28-17)19(25)26/h11-12,15H,4-10H2,1-3H3,(H,21,23)(H,25,26)/t15-/m0/s1. The van der Waals surface area contributed by atoms with Gasteiger partial charge in [-0.05, 0) is 43.2 Å². The number of amides is 2. The fourth-order valence-electron chi connectivity index (χ4n) is 4.15. The average Bonchev–Trinajstić information content (AvgIpc) is 3.07. The van der Waals surface area contributed by atoms with Gasteiger partial charge in [0.25, 0.3) is 0 Å². The van der Waals surface area contributed by atoms with Crippen molar-refractivity contribution in [2.45, 2.75) is 58.1 Å². The third-order valence-corrected chi connectivity index (χ3v) is 6.80. The Morgan fingerprint density at radius 3 is 2.57 bits per heavy atom. The minimum Gasteiger partial charge on any atom is -0.477 e. The molecule has 3 heterocycles. The normalized spacial score (nSPS) is 19.4. The minimum atomic E-state index is -0.908. The van der Waals surface area contributed by atoms with Crippen molar-refractivity contribution in [3.8, 4) is 0 Å². The molecule has 0 aliphatic carbocycles. The topological polar surface area (TPSA) is 95.9 Å². The Labute approximate surface area is 169 Å². The van der Waals surface area contributed by atoms with E-state index in [0.717, 1.165) is 16.9 Å². The maximum Gasteiger partial charge on any atom is 0.345 e. The van der Waals surface area contributed by atoms with Crippen molar-refractivity contribution in [2.75, 3.05) is 19.7 Å². The smallest absolute Gasteiger partial charge is 0.345 e. The molecule has 1 aromatic rings. The van der Waals surface area contributed by atoms with Crippen LogP contribution in [0.2, 0.25) is 0 Å². The van der Waals surface area contributed by atoms with E-state index in [9.17, 15) is 19.5 Å². The van der Waals surface area contributed by atoms with E-state index in [1.165, 1.54) is 18.3 Å². The number of hydrogen-bond donors (Lipinski definition) is 2. The number of nitrogens with zero attached hydrogens (tertiary/aromatic N) is 1. The van der Waals surface area contributed by atoms with Crippen molar-refractivity contribution >= 4 is 29.1 Å². The largest absolute Gasteiger partial charge is 0.477 e. The summed E-state index contributed by atoms with van der Waals surface area (Å²) in [5, 5.41) is 12.1. The van der Waals surface area contributed by atoms with Crippen LogP contribution in [0.25, 0.3) is 0 Å². The number of carboxylic acid groups (broad SMARTS) is 1. The number of rotatable bonds is 5. The number of likely N-dealkylation sites (tertiary alicyclic amines) is 1. The predicted octanol–water partition coefficient (Wildman–Crippen LogP) is 2.39. The number of fused-ring (bicyclic) bond motifs is 2. The summed E-state index contributed by atoms with van der Waals surface area (Å²) < 4.78 is 6.15. The first-order chi connectivity index (χ1) is 13.2. The van der Waals surface area contributed by atoms with Gasteiger partial charge in [-0.25, -0.2) is 4.79 Å². The maximum absolute atomic E-state index is 13.0. The predicted molar refractivity (Wildman–Crippen MR) is 105 cm³/mol. The lowest BCUT2D eigenvalue weighted by atomic mass is 9.85. The number of aromatic carboxylic acids is 1. The minimum absolute atomic E-state index is 0.0489. The number of hydrogen-bond acceptors (Lipinski definition) is 5. The van der Waals surface area contributed by atoms with Gasteiger partial charge in [-0.3, -0.25) is 9.59 Å². The molecule has 2 aliphatic heterocycles. The number of ether oxygens (including phenoxy) is 1. The maximum atomic E-state index is 13.0. The Morgan fingerprint density at radius 1 is 1.32 bits per heavy atom. The lowest BCUT2D eigenvalue weighted by molar-refractivity contribution is -0.144. The first kappa shape index (κ1) is 20.8. The van der Waals surface area contributed by atoms with Crippen LogP contribution in [0, 0.1) is 5.92 Å². The van der Waals surface area contributed by atoms with Crippen molar-refractivity contribution in [1.29, 1.82) is 0 Å². The molecule has 0 saturated carbocycles. The number of carbonyl (C=O) groups excluding carboxylic acids is 2. The molecule has 0 bridgehead atoms. The van der Waals surface area contributed by atoms with Crippen molar-refractivity contribution in [1.82, 2.24) is 10.2 Å². The summed E-state index contributed by atoms with van der Waals surface area (Å²) in [6, 6.07) is 1.26. The van der Waals surface area contributed by atoms with Gasteiger partial charge in [0.05, 0.1) is 6.61 Å². The molecule has 8 heteroatoms. The van der Waals surface area contributed by atoms with E-state index >= 15 is 0 Å². The summed E-state index contributed by atoms with van der Waals surface area (Å²) in [5.74, 6) is -0.865. The highest BCUT2D eigenvalue weighted by Gasteiger charge is 2.44. The number of nitrogens with one attached hydrogen (secondary N) is 1. The molecule has 28 heavy (non-hydrogen) atoms. The van der Waals surface area contributed by atoms with Gasteiger partial charge in [-0.1, -0.05) is 13.8 Å². The van der Waals surface area contributed by atoms with E-state index in [0.29, 0.717) is 49.8 Å². The summed E-state index contributed by atoms with van der Waals surface area (Å²) in [6.45, 7) is 7.13. The molecule has 1 atom stereocenters. The van der Waals surface area contributed by atoms with Crippen LogP contribution < -0.4 is 5.32 Å². The Hall–Kier alpha value is -1.93. The highest BCUT2D eigenvalue weighted by molar-refractivity contribution is 7.14. The van der Waals surface area contributed by atoms with Crippen molar-refractivity contribution < 1.29 is 24.2 Å². The van der Waals surface area contributed by atoms with Crippen molar-refractivity contribution in [3.63, 3.8) is 0 Å². The van der Waals surface area contributed by atoms with Gasteiger partial charge >= 0.3 is 5.97 Å². The lowest BCUT2D eigenvalue weighted by Gasteiger charge is -2.44. The van der Waals surface area contributed by atoms with E-state index < -0.39 is 17.6 Å². The Kier molecular flexibility index (Phi) is 6.09. The van der Waals surface area contributed by atoms with Gasteiger partial charge in [0.1, 0.15) is 16.5 Å². The summed E-state index contributed by atoms with van der Waals surface area (Å²) >= 11 is 1.30. The van der Waals surface area contributed by atoms with Crippen LogP contribution in [0.5, 0.6) is 0 Å². The average molecular weight is 409 g/mol. The van der Waals surface area contributed by atoms with Gasteiger partial charge in [-0.2, -0.15) is 0 Å². The fourth-order valence-corrected chi connectivity index (χ4v) is 5.40. The third kappa shape index (κ3) is 4.22. The van der Waals surface area contributed by atoms with Crippen LogP contribution >= 0.6 is 11.3 Å². The van der Waals surface area contributed by atoms with Gasteiger partial charge in [-0.15, -0.1) is 11.3 Å². The molecule has 154 valence electrons. The molecule has 1 aromatic heterocycles. The Bertz CT molecular complexity index is 765. The molecule has 2 aliphatic rings. The van der Waals surface area contributed by atoms with E-state index in [4.69, 9.17) is 4.74 Å². The number of carboxylic acids is 1. The van der Waals surface area contributed by atoms with Crippen LogP contribution in [-0.4, -0.2) is 53.5 Å². The second-order valence-electron chi connectivity index (χ2n) is 8.07. The highest BCUT2D eigenvalue weighted by Crippen LogP contribution is 2.45. The molecule has 1 fully saturated rings. The number of carbonyl (C=O) groups is 3. The Balaban J connectivity index is 1.73. The van der Waals surface area contributed by atoms with Gasteiger partial charge < -0.3 is 20.1 Å². The van der Waals surface area contributed by atoms with E-state index in [1.54, 1.807) is 11.0 Å². The van der Waals surface area contributed by atoms with E-state index in [2.05, 4.69) is 5.32 Å². The zero-order valence-electron chi connectivity index (χ0n) is 16.6. The van der Waals surface area contributed by atoms with Crippen LogP contribution in [-0.2, 0) is 26.3 Å². The summed E-state index contributed by atoms with van der Waals surface area (Å²) in [4.78, 5) is 39.0. The Morgan fingerprint density at radius 2 is 2.00 bits per heavy atom. The molecule has 0 radical (unpaired) electrons. The lowest BCUT2D eigenvalue weighted by Crippen LogP contribution is -2.53. The number of piperidine rings is 1. The molecule has 7 nitrogen and oxygen atoms in total. The van der Waals surface area contributed by atoms with E-state index in [-0.39, 0.29) is 11.8 Å². The molecule has 0 unspecified atom stereocenters. The molecule has 0 aromatic carbocycles. The molecular weight excluding hydrogens is 380 g/mol. The fraction of sp³-hybridized carbons (Fsp3) is 0.650. The first-order valence-electron chi connectivity index (χ1n) is 9.78. The van der Waals surface area contributed by atoms with Gasteiger partial charge in [0.2, 0.25) is 11.8 Å². The number of thiophene rings is 1. The molecular formula is C20H28N2O5S. The van der Waals surface area contributed by atoms with Crippen LogP contribution in [0.15, 0.2) is 6.07 Å². The SMILES string of the molecule is CC(=O)N[C@@H](CC(C)C)C(=O)N1CCC2(CC1)OCCc1cc(C(=O)O)sc12. The summed E-state index contributed by atoms with van der Waals surface area (Å²) in [5.41, 5.74) is 0.564. The zero-order valence-corrected chi connectivity index (χ0v) is 17.4. The highest BCUT2D eigenvalue weighted by atomic mass is 32.1. The van der Waals surface area contributed by atoms with E-state index in [1.807, 2.05) is 13.8 Å². The van der Waals surface area contributed by atoms with Crippen LogP contribution in [0.4, 0.5) is 0 Å². The summed E-state index contributed by atoms with van der Waals surface area (Å²) in [7, 11) is 0. The van der Waals surface area contributed by atoms with Crippen molar-refractivity contribution in [2.24, 2.45) is 5.92 Å². The van der Waals surface area contributed by atoms with Gasteiger partial charge in [0, 0.05) is 24.9 Å². The quantitative estimate of drug-likeness (QED) is 0.780.